The average Bonchev–Trinajstić information content (AvgIpc) is 3.31. The maximum absolute atomic E-state index is 12.1. The summed E-state index contributed by atoms with van der Waals surface area (Å²) >= 11 is 0. The molecule has 2 rings (SSSR count). The fraction of sp³-hybridized carbons (Fsp3) is 0.692. The summed E-state index contributed by atoms with van der Waals surface area (Å²) in [5.41, 5.74) is 0. The van der Waals surface area contributed by atoms with E-state index in [1.807, 2.05) is 6.92 Å². The van der Waals surface area contributed by atoms with E-state index in [2.05, 4.69) is 14.7 Å². The summed E-state index contributed by atoms with van der Waals surface area (Å²) in [4.78, 5) is 7.85. The zero-order valence-electron chi connectivity index (χ0n) is 12.4. The first-order valence-corrected chi connectivity index (χ1v) is 8.57. The Kier molecular flexibility index (Phi) is 5.49. The van der Waals surface area contributed by atoms with Crippen LogP contribution in [-0.2, 0) is 10.2 Å². The zero-order chi connectivity index (χ0) is 15.3. The average molecular weight is 314 g/mol. The molecule has 1 aromatic rings. The van der Waals surface area contributed by atoms with Gasteiger partial charge in [0.2, 0.25) is 0 Å². The normalized spacial score (nSPS) is 16.9. The van der Waals surface area contributed by atoms with E-state index in [4.69, 9.17) is 4.74 Å². The van der Waals surface area contributed by atoms with Gasteiger partial charge in [0, 0.05) is 32.0 Å². The predicted molar refractivity (Wildman–Crippen MR) is 79.0 cm³/mol. The Morgan fingerprint density at radius 3 is 2.71 bits per heavy atom. The molecule has 1 aromatic heterocycles. The minimum Gasteiger partial charge on any atom is -0.463 e. The Morgan fingerprint density at radius 2 is 2.10 bits per heavy atom. The van der Waals surface area contributed by atoms with Crippen LogP contribution in [0.1, 0.15) is 26.2 Å². The molecule has 0 aromatic carbocycles. The Labute approximate surface area is 125 Å². The van der Waals surface area contributed by atoms with Gasteiger partial charge in [-0.25, -0.2) is 14.7 Å². The van der Waals surface area contributed by atoms with Gasteiger partial charge in [0.25, 0.3) is 10.2 Å². The van der Waals surface area contributed by atoms with Crippen LogP contribution >= 0.6 is 0 Å². The molecule has 118 valence electrons. The van der Waals surface area contributed by atoms with Gasteiger partial charge in [0.05, 0.1) is 6.61 Å². The standard InChI is InChI=1S/C13H22N4O3S/c1-11(12-5-6-12)17(2)21(18,19)16-9-4-10-20-13-14-7-3-8-15-13/h3,7-8,11-12,16H,4-6,9-10H2,1-2H3. The van der Waals surface area contributed by atoms with E-state index >= 15 is 0 Å². The number of nitrogens with zero attached hydrogens (tertiary/aromatic N) is 3. The molecule has 8 heteroatoms. The minimum absolute atomic E-state index is 0.0523. The summed E-state index contributed by atoms with van der Waals surface area (Å²) in [5.74, 6) is 0.505. The van der Waals surface area contributed by atoms with E-state index in [1.54, 1.807) is 25.5 Å². The topological polar surface area (TPSA) is 84.4 Å². The van der Waals surface area contributed by atoms with Crippen molar-refractivity contribution in [2.24, 2.45) is 5.92 Å². The van der Waals surface area contributed by atoms with Gasteiger partial charge in [-0.05, 0) is 38.2 Å². The molecule has 1 N–H and O–H groups in total. The van der Waals surface area contributed by atoms with Crippen molar-refractivity contribution in [3.8, 4) is 6.01 Å². The first kappa shape index (κ1) is 16.1. The van der Waals surface area contributed by atoms with Crippen LogP contribution in [0.3, 0.4) is 0 Å². The third-order valence-corrected chi connectivity index (χ3v) is 5.30. The van der Waals surface area contributed by atoms with Crippen LogP contribution in [0.2, 0.25) is 0 Å². The van der Waals surface area contributed by atoms with E-state index < -0.39 is 10.2 Å². The molecule has 0 aliphatic heterocycles. The summed E-state index contributed by atoms with van der Waals surface area (Å²) < 4.78 is 33.5. The largest absolute Gasteiger partial charge is 0.463 e. The lowest BCUT2D eigenvalue weighted by Gasteiger charge is -2.24. The molecule has 1 saturated carbocycles. The van der Waals surface area contributed by atoms with Crippen molar-refractivity contribution in [1.29, 1.82) is 0 Å². The van der Waals surface area contributed by atoms with Crippen molar-refractivity contribution in [2.45, 2.75) is 32.2 Å². The fourth-order valence-electron chi connectivity index (χ4n) is 1.99. The molecule has 0 spiro atoms. The Morgan fingerprint density at radius 1 is 1.43 bits per heavy atom. The van der Waals surface area contributed by atoms with Crippen molar-refractivity contribution < 1.29 is 13.2 Å². The molecule has 1 heterocycles. The van der Waals surface area contributed by atoms with Crippen LogP contribution < -0.4 is 9.46 Å². The van der Waals surface area contributed by atoms with Gasteiger partial charge >= 0.3 is 6.01 Å². The van der Waals surface area contributed by atoms with E-state index in [1.165, 1.54) is 4.31 Å². The third kappa shape index (κ3) is 4.90. The molecule has 0 radical (unpaired) electrons. The molecule has 21 heavy (non-hydrogen) atoms. The van der Waals surface area contributed by atoms with Gasteiger partial charge in [-0.1, -0.05) is 0 Å². The molecule has 0 saturated heterocycles. The van der Waals surface area contributed by atoms with Gasteiger partial charge in [-0.2, -0.15) is 12.7 Å². The SMILES string of the molecule is CC(C1CC1)N(C)S(=O)(=O)NCCCOc1ncccn1. The smallest absolute Gasteiger partial charge is 0.316 e. The third-order valence-electron chi connectivity index (χ3n) is 3.64. The summed E-state index contributed by atoms with van der Waals surface area (Å²) in [6.07, 6.45) is 5.99. The van der Waals surface area contributed by atoms with Crippen molar-refractivity contribution in [3.05, 3.63) is 18.5 Å². The van der Waals surface area contributed by atoms with Crippen LogP contribution in [0.5, 0.6) is 6.01 Å². The zero-order valence-corrected chi connectivity index (χ0v) is 13.2. The number of rotatable bonds is 9. The lowest BCUT2D eigenvalue weighted by Crippen LogP contribution is -2.44. The highest BCUT2D eigenvalue weighted by atomic mass is 32.2. The monoisotopic (exact) mass is 314 g/mol. The van der Waals surface area contributed by atoms with Gasteiger partial charge in [0.15, 0.2) is 0 Å². The van der Waals surface area contributed by atoms with Crippen molar-refractivity contribution in [3.63, 3.8) is 0 Å². The minimum atomic E-state index is -3.41. The van der Waals surface area contributed by atoms with Crippen LogP contribution in [0.4, 0.5) is 0 Å². The Balaban J connectivity index is 1.67. The fourth-order valence-corrected chi connectivity index (χ4v) is 3.21. The number of nitrogens with one attached hydrogen (secondary N) is 1. The van der Waals surface area contributed by atoms with Crippen molar-refractivity contribution in [1.82, 2.24) is 19.0 Å². The Bertz CT molecular complexity index is 534. The number of ether oxygens (including phenoxy) is 1. The first-order valence-electron chi connectivity index (χ1n) is 7.13. The number of hydrogen-bond donors (Lipinski definition) is 1. The van der Waals surface area contributed by atoms with E-state index in [0.29, 0.717) is 31.5 Å². The molecule has 1 fully saturated rings. The van der Waals surface area contributed by atoms with Crippen molar-refractivity contribution >= 4 is 10.2 Å². The van der Waals surface area contributed by atoms with Gasteiger partial charge in [-0.15, -0.1) is 0 Å². The highest BCUT2D eigenvalue weighted by molar-refractivity contribution is 7.87. The lowest BCUT2D eigenvalue weighted by molar-refractivity contribution is 0.286. The van der Waals surface area contributed by atoms with Crippen molar-refractivity contribution in [2.75, 3.05) is 20.2 Å². The molecule has 0 bridgehead atoms. The molecule has 1 aliphatic rings. The second kappa shape index (κ2) is 7.15. The molecular formula is C13H22N4O3S. The summed E-state index contributed by atoms with van der Waals surface area (Å²) in [6.45, 7) is 2.65. The number of hydrogen-bond acceptors (Lipinski definition) is 5. The van der Waals surface area contributed by atoms with Gasteiger partial charge < -0.3 is 4.74 Å². The molecular weight excluding hydrogens is 292 g/mol. The maximum Gasteiger partial charge on any atom is 0.316 e. The van der Waals surface area contributed by atoms with Crippen LogP contribution in [-0.4, -0.2) is 48.9 Å². The lowest BCUT2D eigenvalue weighted by atomic mass is 10.2. The van der Waals surface area contributed by atoms with E-state index in [9.17, 15) is 8.42 Å². The van der Waals surface area contributed by atoms with E-state index in [-0.39, 0.29) is 6.04 Å². The van der Waals surface area contributed by atoms with E-state index in [0.717, 1.165) is 12.8 Å². The first-order chi connectivity index (χ1) is 10.0. The molecule has 7 nitrogen and oxygen atoms in total. The maximum atomic E-state index is 12.1. The van der Waals surface area contributed by atoms with Crippen LogP contribution in [0, 0.1) is 5.92 Å². The van der Waals surface area contributed by atoms with Crippen LogP contribution in [0.15, 0.2) is 18.5 Å². The molecule has 1 unspecified atom stereocenters. The molecule has 0 amide bonds. The highest BCUT2D eigenvalue weighted by Crippen LogP contribution is 2.35. The summed E-state index contributed by atoms with van der Waals surface area (Å²) in [7, 11) is -1.79. The molecule has 1 atom stereocenters. The second-order valence-corrected chi connectivity index (χ2v) is 7.04. The highest BCUT2D eigenvalue weighted by Gasteiger charge is 2.35. The van der Waals surface area contributed by atoms with Gasteiger partial charge in [-0.3, -0.25) is 0 Å². The quantitative estimate of drug-likeness (QED) is 0.682. The molecule has 1 aliphatic carbocycles. The summed E-state index contributed by atoms with van der Waals surface area (Å²) in [5, 5.41) is 0. The summed E-state index contributed by atoms with van der Waals surface area (Å²) in [6, 6.07) is 2.06. The Hall–Kier alpha value is -1.25. The van der Waals surface area contributed by atoms with Crippen LogP contribution in [0.25, 0.3) is 0 Å². The van der Waals surface area contributed by atoms with Gasteiger partial charge in [0.1, 0.15) is 0 Å². The predicted octanol–water partition coefficient (Wildman–Crippen LogP) is 0.810. The second-order valence-electron chi connectivity index (χ2n) is 5.23. The number of aromatic nitrogens is 2.